The molecule has 0 radical (unpaired) electrons. The predicted octanol–water partition coefficient (Wildman–Crippen LogP) is 0.429. The number of ether oxygens (including phenoxy) is 2. The van der Waals surface area contributed by atoms with Crippen molar-refractivity contribution in [2.45, 2.75) is 38.7 Å². The van der Waals surface area contributed by atoms with Crippen LogP contribution in [-0.2, 0) is 19.1 Å². The summed E-state index contributed by atoms with van der Waals surface area (Å²) in [5, 5.41) is 2.39. The van der Waals surface area contributed by atoms with E-state index in [2.05, 4.69) is 10.3 Å². The number of aryl methyl sites for hydroxylation is 1. The maximum atomic E-state index is 11.5. The second-order valence-corrected chi connectivity index (χ2v) is 5.89. The lowest BCUT2D eigenvalue weighted by molar-refractivity contribution is -0.147. The molecule has 1 heterocycles. The van der Waals surface area contributed by atoms with Gasteiger partial charge in [0.2, 0.25) is 5.88 Å². The van der Waals surface area contributed by atoms with Gasteiger partial charge in [0.1, 0.15) is 6.10 Å². The monoisotopic (exact) mass is 350 g/mol. The molecular formula is C16H22N4O5. The van der Waals surface area contributed by atoms with Gasteiger partial charge in [-0.25, -0.2) is 10.8 Å². The standard InChI is InChI=1S/C16H22N4O5/c1-9-7-11(19-13(21)14(22)20-17)8-18-15(9)25-12-5-3-10(4-6-12)16(23)24-2/h7-8,10,12H,3-6,17H2,1-2H3,(H,19,21)(H,20,22). The van der Waals surface area contributed by atoms with Crippen LogP contribution in [0.1, 0.15) is 31.2 Å². The second-order valence-electron chi connectivity index (χ2n) is 5.89. The number of pyridine rings is 1. The topological polar surface area (TPSA) is 133 Å². The summed E-state index contributed by atoms with van der Waals surface area (Å²) in [5.41, 5.74) is 2.84. The molecule has 0 atom stereocenters. The zero-order valence-electron chi connectivity index (χ0n) is 14.2. The lowest BCUT2D eigenvalue weighted by atomic mass is 9.87. The molecule has 9 heteroatoms. The number of anilines is 1. The number of aromatic nitrogens is 1. The molecule has 1 fully saturated rings. The number of hydrogen-bond acceptors (Lipinski definition) is 7. The molecule has 9 nitrogen and oxygen atoms in total. The van der Waals surface area contributed by atoms with Crippen molar-refractivity contribution >= 4 is 23.5 Å². The van der Waals surface area contributed by atoms with Crippen LogP contribution in [0.15, 0.2) is 12.3 Å². The SMILES string of the molecule is COC(=O)C1CCC(Oc2ncc(NC(=O)C(=O)NN)cc2C)CC1. The van der Waals surface area contributed by atoms with Crippen molar-refractivity contribution in [2.75, 3.05) is 12.4 Å². The van der Waals surface area contributed by atoms with E-state index in [0.29, 0.717) is 11.6 Å². The molecule has 0 aliphatic heterocycles. The summed E-state index contributed by atoms with van der Waals surface area (Å²) in [6.45, 7) is 1.79. The van der Waals surface area contributed by atoms with Crippen LogP contribution < -0.4 is 21.3 Å². The van der Waals surface area contributed by atoms with Crippen molar-refractivity contribution < 1.29 is 23.9 Å². The smallest absolute Gasteiger partial charge is 0.323 e. The molecule has 0 spiro atoms. The Balaban J connectivity index is 1.92. The molecular weight excluding hydrogens is 328 g/mol. The van der Waals surface area contributed by atoms with Crippen molar-refractivity contribution in [3.63, 3.8) is 0 Å². The highest BCUT2D eigenvalue weighted by Gasteiger charge is 2.28. The largest absolute Gasteiger partial charge is 0.474 e. The first-order chi connectivity index (χ1) is 11.9. The van der Waals surface area contributed by atoms with E-state index in [9.17, 15) is 14.4 Å². The summed E-state index contributed by atoms with van der Waals surface area (Å²) in [5.74, 6) is 3.30. The Morgan fingerprint density at radius 1 is 1.20 bits per heavy atom. The van der Waals surface area contributed by atoms with E-state index in [4.69, 9.17) is 15.3 Å². The number of nitrogens with two attached hydrogens (primary N) is 1. The van der Waals surface area contributed by atoms with E-state index in [0.717, 1.165) is 31.2 Å². The quantitative estimate of drug-likeness (QED) is 0.236. The molecule has 2 amide bonds. The summed E-state index contributed by atoms with van der Waals surface area (Å²) in [6.07, 6.45) is 4.32. The van der Waals surface area contributed by atoms with Crippen LogP contribution in [0, 0.1) is 12.8 Å². The van der Waals surface area contributed by atoms with Gasteiger partial charge in [0.25, 0.3) is 0 Å². The second kappa shape index (κ2) is 8.43. The molecule has 0 aromatic carbocycles. The first-order valence-corrected chi connectivity index (χ1v) is 7.97. The Hall–Kier alpha value is -2.68. The number of methoxy groups -OCH3 is 1. The molecule has 1 aliphatic carbocycles. The molecule has 1 aliphatic rings. The normalized spacial score (nSPS) is 19.6. The molecule has 0 bridgehead atoms. The Bertz CT molecular complexity index is 656. The fourth-order valence-electron chi connectivity index (χ4n) is 2.75. The van der Waals surface area contributed by atoms with Crippen molar-refractivity contribution in [3.8, 4) is 5.88 Å². The summed E-state index contributed by atoms with van der Waals surface area (Å²) in [6, 6.07) is 1.66. The maximum absolute atomic E-state index is 11.5. The van der Waals surface area contributed by atoms with Crippen molar-refractivity contribution in [3.05, 3.63) is 17.8 Å². The molecule has 25 heavy (non-hydrogen) atoms. The number of carbonyl (C=O) groups excluding carboxylic acids is 3. The number of nitrogens with zero attached hydrogens (tertiary/aromatic N) is 1. The highest BCUT2D eigenvalue weighted by atomic mass is 16.5. The lowest BCUT2D eigenvalue weighted by Crippen LogP contribution is -2.39. The highest BCUT2D eigenvalue weighted by molar-refractivity contribution is 6.39. The first kappa shape index (κ1) is 18.7. The van der Waals surface area contributed by atoms with E-state index < -0.39 is 11.8 Å². The summed E-state index contributed by atoms with van der Waals surface area (Å²) >= 11 is 0. The van der Waals surface area contributed by atoms with Crippen molar-refractivity contribution in [1.82, 2.24) is 10.4 Å². The summed E-state index contributed by atoms with van der Waals surface area (Å²) in [7, 11) is 1.40. The van der Waals surface area contributed by atoms with Gasteiger partial charge in [-0.05, 0) is 38.7 Å². The van der Waals surface area contributed by atoms with E-state index in [1.165, 1.54) is 13.3 Å². The minimum absolute atomic E-state index is 0.0180. The van der Waals surface area contributed by atoms with E-state index in [1.54, 1.807) is 18.4 Å². The Labute approximate surface area is 145 Å². The molecule has 136 valence electrons. The number of amides is 2. The van der Waals surface area contributed by atoms with Crippen LogP contribution in [0.5, 0.6) is 5.88 Å². The van der Waals surface area contributed by atoms with Crippen LogP contribution in [0.3, 0.4) is 0 Å². The third-order valence-corrected chi connectivity index (χ3v) is 4.11. The van der Waals surface area contributed by atoms with Crippen molar-refractivity contribution in [2.24, 2.45) is 11.8 Å². The fraction of sp³-hybridized carbons (Fsp3) is 0.500. The van der Waals surface area contributed by atoms with Crippen LogP contribution in [0.25, 0.3) is 0 Å². The minimum Gasteiger partial charge on any atom is -0.474 e. The average molecular weight is 350 g/mol. The number of esters is 1. The Kier molecular flexibility index (Phi) is 6.29. The number of rotatable bonds is 4. The number of hydrazine groups is 1. The molecule has 1 aromatic heterocycles. The zero-order valence-corrected chi connectivity index (χ0v) is 14.2. The molecule has 2 rings (SSSR count). The van der Waals surface area contributed by atoms with E-state index in [1.807, 2.05) is 0 Å². The van der Waals surface area contributed by atoms with E-state index in [-0.39, 0.29) is 18.0 Å². The lowest BCUT2D eigenvalue weighted by Gasteiger charge is -2.27. The number of carbonyl (C=O) groups is 3. The van der Waals surface area contributed by atoms with Gasteiger partial charge in [-0.3, -0.25) is 19.8 Å². The van der Waals surface area contributed by atoms with Gasteiger partial charge in [0, 0.05) is 5.56 Å². The van der Waals surface area contributed by atoms with Crippen molar-refractivity contribution in [1.29, 1.82) is 0 Å². The molecule has 0 saturated heterocycles. The average Bonchev–Trinajstić information content (AvgIpc) is 2.63. The molecule has 0 unspecified atom stereocenters. The predicted molar refractivity (Wildman–Crippen MR) is 88.3 cm³/mol. The Morgan fingerprint density at radius 2 is 1.88 bits per heavy atom. The van der Waals surface area contributed by atoms with Crippen LogP contribution in [-0.4, -0.2) is 36.0 Å². The fourth-order valence-corrected chi connectivity index (χ4v) is 2.75. The maximum Gasteiger partial charge on any atom is 0.323 e. The van der Waals surface area contributed by atoms with Crippen LogP contribution >= 0.6 is 0 Å². The van der Waals surface area contributed by atoms with Gasteiger partial charge in [0.05, 0.1) is 24.9 Å². The zero-order chi connectivity index (χ0) is 18.4. The highest BCUT2D eigenvalue weighted by Crippen LogP contribution is 2.29. The van der Waals surface area contributed by atoms with Gasteiger partial charge in [-0.15, -0.1) is 0 Å². The Morgan fingerprint density at radius 3 is 2.44 bits per heavy atom. The summed E-state index contributed by atoms with van der Waals surface area (Å²) < 4.78 is 10.7. The summed E-state index contributed by atoms with van der Waals surface area (Å²) in [4.78, 5) is 38.3. The van der Waals surface area contributed by atoms with Gasteiger partial charge in [-0.1, -0.05) is 0 Å². The van der Waals surface area contributed by atoms with Gasteiger partial charge < -0.3 is 14.8 Å². The molecule has 4 N–H and O–H groups in total. The third kappa shape index (κ3) is 4.90. The van der Waals surface area contributed by atoms with Crippen LogP contribution in [0.2, 0.25) is 0 Å². The van der Waals surface area contributed by atoms with E-state index >= 15 is 0 Å². The van der Waals surface area contributed by atoms with Crippen LogP contribution in [0.4, 0.5) is 5.69 Å². The third-order valence-electron chi connectivity index (χ3n) is 4.11. The first-order valence-electron chi connectivity index (χ1n) is 7.97. The molecule has 1 aromatic rings. The number of hydrogen-bond donors (Lipinski definition) is 3. The van der Waals surface area contributed by atoms with Gasteiger partial charge in [0.15, 0.2) is 0 Å². The number of nitrogens with one attached hydrogen (secondary N) is 2. The van der Waals surface area contributed by atoms with Gasteiger partial charge >= 0.3 is 17.8 Å². The van der Waals surface area contributed by atoms with Gasteiger partial charge in [-0.2, -0.15) is 0 Å². The minimum atomic E-state index is -0.944. The molecule has 1 saturated carbocycles.